The Morgan fingerprint density at radius 3 is 2.44 bits per heavy atom. The first kappa shape index (κ1) is 19.1. The molecule has 0 amide bonds. The molecule has 0 unspecified atom stereocenters. The summed E-state index contributed by atoms with van der Waals surface area (Å²) in [4.78, 5) is 22.5. The number of nitro benzene ring substituents is 1. The van der Waals surface area contributed by atoms with Crippen molar-refractivity contribution in [3.8, 4) is 5.69 Å². The molecule has 140 valence electrons. The summed E-state index contributed by atoms with van der Waals surface area (Å²) in [7, 11) is -4.57. The molecule has 3 aromatic rings. The second kappa shape index (κ2) is 6.80. The van der Waals surface area contributed by atoms with E-state index in [1.165, 1.54) is 37.3 Å². The summed E-state index contributed by atoms with van der Waals surface area (Å²) in [6.07, 6.45) is 0. The maximum Gasteiger partial charge on any atom is 0.365 e. The lowest BCUT2D eigenvalue weighted by Crippen LogP contribution is -2.30. The molecule has 0 aliphatic carbocycles. The number of nitro groups is 1. The van der Waals surface area contributed by atoms with Crippen LogP contribution in [-0.4, -0.2) is 27.1 Å². The minimum absolute atomic E-state index is 0.0809. The topological polar surface area (TPSA) is 117 Å². The molecule has 0 bridgehead atoms. The van der Waals surface area contributed by atoms with E-state index in [1.54, 1.807) is 0 Å². The van der Waals surface area contributed by atoms with Gasteiger partial charge in [0.25, 0.3) is 15.7 Å². The second-order valence-electron chi connectivity index (χ2n) is 5.33. The zero-order valence-corrected chi connectivity index (χ0v) is 15.9. The number of nitrogens with zero attached hydrogens (tertiary/aromatic N) is 4. The van der Waals surface area contributed by atoms with Crippen molar-refractivity contribution in [2.45, 2.75) is 11.8 Å². The minimum Gasteiger partial charge on any atom is -0.258 e. The molecule has 0 fully saturated rings. The molecule has 9 nitrogen and oxygen atoms in total. The first-order valence-corrected chi connectivity index (χ1v) is 9.47. The Hall–Kier alpha value is -2.69. The lowest BCUT2D eigenvalue weighted by Gasteiger charge is -2.06. The highest BCUT2D eigenvalue weighted by Gasteiger charge is 2.31. The van der Waals surface area contributed by atoms with Gasteiger partial charge in [-0.1, -0.05) is 35.3 Å². The van der Waals surface area contributed by atoms with E-state index in [4.69, 9.17) is 23.2 Å². The van der Waals surface area contributed by atoms with Gasteiger partial charge in [-0.25, -0.2) is 13.2 Å². The van der Waals surface area contributed by atoms with Crippen molar-refractivity contribution in [2.75, 3.05) is 0 Å². The molecule has 0 spiro atoms. The van der Waals surface area contributed by atoms with Gasteiger partial charge in [-0.2, -0.15) is 8.65 Å². The SMILES string of the molecule is Cc1nn(-c2ccc(Cl)cc2Cl)c(=O)n1S(=O)(=O)c1ccccc1[N+](=O)[O-]. The van der Waals surface area contributed by atoms with E-state index < -0.39 is 31.2 Å². The normalized spacial score (nSPS) is 11.5. The van der Waals surface area contributed by atoms with E-state index in [0.29, 0.717) is 9.00 Å². The number of hydrogen-bond donors (Lipinski definition) is 0. The number of halogens is 2. The quantitative estimate of drug-likeness (QED) is 0.465. The number of aryl methyl sites for hydroxylation is 1. The zero-order chi connectivity index (χ0) is 19.9. The van der Waals surface area contributed by atoms with Crippen LogP contribution < -0.4 is 5.69 Å². The summed E-state index contributed by atoms with van der Waals surface area (Å²) in [6, 6.07) is 8.96. The highest BCUT2D eigenvalue weighted by molar-refractivity contribution is 7.90. The fraction of sp³-hybridized carbons (Fsp3) is 0.0667. The molecule has 0 aliphatic rings. The van der Waals surface area contributed by atoms with Crippen molar-refractivity contribution < 1.29 is 13.3 Å². The van der Waals surface area contributed by atoms with E-state index in [9.17, 15) is 23.3 Å². The lowest BCUT2D eigenvalue weighted by atomic mass is 10.3. The van der Waals surface area contributed by atoms with E-state index in [-0.39, 0.29) is 16.5 Å². The molecule has 0 atom stereocenters. The first-order valence-electron chi connectivity index (χ1n) is 7.27. The summed E-state index contributed by atoms with van der Waals surface area (Å²) in [5, 5.41) is 15.5. The molecule has 3 rings (SSSR count). The Kier molecular flexibility index (Phi) is 4.81. The van der Waals surface area contributed by atoms with E-state index in [2.05, 4.69) is 5.10 Å². The molecular formula is C15H10Cl2N4O5S. The molecule has 0 aliphatic heterocycles. The fourth-order valence-electron chi connectivity index (χ4n) is 2.46. The summed E-state index contributed by atoms with van der Waals surface area (Å²) in [5.41, 5.74) is -1.58. The number of aromatic nitrogens is 3. The molecule has 0 saturated carbocycles. The average Bonchev–Trinajstić information content (AvgIpc) is 2.89. The Balaban J connectivity index is 2.27. The second-order valence-corrected chi connectivity index (χ2v) is 7.93. The van der Waals surface area contributed by atoms with E-state index in [0.717, 1.165) is 16.8 Å². The van der Waals surface area contributed by atoms with Gasteiger partial charge in [0, 0.05) is 11.1 Å². The molecular weight excluding hydrogens is 419 g/mol. The van der Waals surface area contributed by atoms with Crippen LogP contribution in [0.5, 0.6) is 0 Å². The maximum absolute atomic E-state index is 12.9. The number of hydrogen-bond acceptors (Lipinski definition) is 6. The van der Waals surface area contributed by atoms with Crippen molar-refractivity contribution in [3.63, 3.8) is 0 Å². The molecule has 12 heteroatoms. The van der Waals surface area contributed by atoms with Gasteiger partial charge < -0.3 is 0 Å². The predicted octanol–water partition coefficient (Wildman–Crippen LogP) is 2.79. The number of benzene rings is 2. The van der Waals surface area contributed by atoms with Gasteiger partial charge in [-0.3, -0.25) is 10.1 Å². The number of rotatable bonds is 4. The van der Waals surface area contributed by atoms with E-state index >= 15 is 0 Å². The van der Waals surface area contributed by atoms with Gasteiger partial charge in [-0.05, 0) is 31.2 Å². The molecule has 0 radical (unpaired) electrons. The van der Waals surface area contributed by atoms with Gasteiger partial charge in [0.05, 0.1) is 15.6 Å². The van der Waals surface area contributed by atoms with Crippen molar-refractivity contribution >= 4 is 38.9 Å². The van der Waals surface area contributed by atoms with Gasteiger partial charge in [0.2, 0.25) is 0 Å². The Labute approximate surface area is 162 Å². The molecule has 0 N–H and O–H groups in total. The zero-order valence-electron chi connectivity index (χ0n) is 13.5. The summed E-state index contributed by atoms with van der Waals surface area (Å²) < 4.78 is 27.1. The van der Waals surface area contributed by atoms with Crippen molar-refractivity contribution in [1.29, 1.82) is 0 Å². The molecule has 1 aromatic heterocycles. The lowest BCUT2D eigenvalue weighted by molar-refractivity contribution is -0.387. The third-order valence-electron chi connectivity index (χ3n) is 3.61. The van der Waals surface area contributed by atoms with Crippen molar-refractivity contribution in [1.82, 2.24) is 13.8 Å². The Morgan fingerprint density at radius 2 is 1.81 bits per heavy atom. The van der Waals surface area contributed by atoms with E-state index in [1.807, 2.05) is 0 Å². The van der Waals surface area contributed by atoms with Gasteiger partial charge >= 0.3 is 5.69 Å². The molecule has 1 heterocycles. The monoisotopic (exact) mass is 428 g/mol. The Morgan fingerprint density at radius 1 is 1.15 bits per heavy atom. The smallest absolute Gasteiger partial charge is 0.258 e. The van der Waals surface area contributed by atoms with Gasteiger partial charge in [-0.15, -0.1) is 5.10 Å². The highest BCUT2D eigenvalue weighted by Crippen LogP contribution is 2.26. The maximum atomic E-state index is 12.9. The van der Waals surface area contributed by atoms with Crippen LogP contribution in [0.3, 0.4) is 0 Å². The van der Waals surface area contributed by atoms with Crippen molar-refractivity contribution in [3.05, 3.63) is 78.9 Å². The fourth-order valence-corrected chi connectivity index (χ4v) is 4.47. The largest absolute Gasteiger partial charge is 0.365 e. The average molecular weight is 429 g/mol. The van der Waals surface area contributed by atoms with Crippen LogP contribution in [0.2, 0.25) is 10.0 Å². The number of para-hydroxylation sites is 1. The van der Waals surface area contributed by atoms with Gasteiger partial charge in [0.15, 0.2) is 4.90 Å². The summed E-state index contributed by atoms with van der Waals surface area (Å²) >= 11 is 11.9. The van der Waals surface area contributed by atoms with Crippen LogP contribution >= 0.6 is 23.2 Å². The molecule has 2 aromatic carbocycles. The van der Waals surface area contributed by atoms with Gasteiger partial charge in [0.1, 0.15) is 5.82 Å². The molecule has 27 heavy (non-hydrogen) atoms. The van der Waals surface area contributed by atoms with Crippen LogP contribution in [0, 0.1) is 17.0 Å². The van der Waals surface area contributed by atoms with Crippen LogP contribution in [0.15, 0.2) is 52.2 Å². The van der Waals surface area contributed by atoms with Crippen LogP contribution in [0.1, 0.15) is 5.82 Å². The Bertz CT molecular complexity index is 1230. The third-order valence-corrected chi connectivity index (χ3v) is 5.95. The standard InChI is InChI=1S/C15H10Cl2N4O5S/c1-9-18-19(12-7-6-10(16)8-11(12)17)15(22)20(9)27(25,26)14-5-3-2-4-13(14)21(23)24/h2-8H,1H3. The minimum atomic E-state index is -4.57. The summed E-state index contributed by atoms with van der Waals surface area (Å²) in [5.74, 6) is -0.191. The predicted molar refractivity (Wildman–Crippen MR) is 98.3 cm³/mol. The highest BCUT2D eigenvalue weighted by atomic mass is 35.5. The van der Waals surface area contributed by atoms with Crippen molar-refractivity contribution in [2.24, 2.45) is 0 Å². The molecule has 0 saturated heterocycles. The summed E-state index contributed by atoms with van der Waals surface area (Å²) in [6.45, 7) is 1.29. The van der Waals surface area contributed by atoms with Crippen LogP contribution in [-0.2, 0) is 10.0 Å². The van der Waals surface area contributed by atoms with Crippen LogP contribution in [0.25, 0.3) is 5.69 Å². The third kappa shape index (κ3) is 3.22. The first-order chi connectivity index (χ1) is 12.6. The van der Waals surface area contributed by atoms with Crippen LogP contribution in [0.4, 0.5) is 5.69 Å².